The third kappa shape index (κ3) is 4.75. The monoisotopic (exact) mass is 382 g/mol. The number of benzene rings is 2. The normalized spacial score (nSPS) is 10.6. The Morgan fingerprint density at radius 1 is 1.18 bits per heavy atom. The molecule has 0 heterocycles. The average Bonchev–Trinajstić information content (AvgIpc) is 2.48. The highest BCUT2D eigenvalue weighted by Gasteiger charge is 2.12. The van der Waals surface area contributed by atoms with Crippen LogP contribution >= 0.6 is 27.5 Å². The van der Waals surface area contributed by atoms with E-state index in [2.05, 4.69) is 29.8 Å². The number of ether oxygens (including phenoxy) is 2. The van der Waals surface area contributed by atoms with Crippen LogP contribution in [-0.2, 0) is 0 Å². The Morgan fingerprint density at radius 3 is 2.45 bits per heavy atom. The van der Waals surface area contributed by atoms with Gasteiger partial charge in [0.15, 0.2) is 0 Å². The van der Waals surface area contributed by atoms with Crippen LogP contribution in [0, 0.1) is 5.92 Å². The van der Waals surface area contributed by atoms with Gasteiger partial charge in [0.1, 0.15) is 11.5 Å². The Labute approximate surface area is 143 Å². The zero-order valence-electron chi connectivity index (χ0n) is 12.3. The van der Waals surface area contributed by atoms with Crippen LogP contribution in [0.5, 0.6) is 11.5 Å². The molecule has 0 saturated heterocycles. The van der Waals surface area contributed by atoms with E-state index in [4.69, 9.17) is 21.1 Å². The van der Waals surface area contributed by atoms with E-state index in [1.165, 1.54) is 0 Å². The Kier molecular flexibility index (Phi) is 5.86. The molecule has 2 aromatic rings. The van der Waals surface area contributed by atoms with Crippen molar-refractivity contribution in [3.05, 3.63) is 57.5 Å². The minimum absolute atomic E-state index is 0.432. The molecule has 0 fully saturated rings. The highest BCUT2D eigenvalue weighted by atomic mass is 79.9. The van der Waals surface area contributed by atoms with Crippen molar-refractivity contribution in [1.29, 1.82) is 0 Å². The van der Waals surface area contributed by atoms with Gasteiger partial charge in [0.05, 0.1) is 16.6 Å². The van der Waals surface area contributed by atoms with Gasteiger partial charge in [-0.25, -0.2) is 4.79 Å². The molecule has 22 heavy (non-hydrogen) atoms. The van der Waals surface area contributed by atoms with E-state index in [0.29, 0.717) is 34.6 Å². The largest absolute Gasteiger partial charge is 0.492 e. The lowest BCUT2D eigenvalue weighted by molar-refractivity contribution is 0.0734. The van der Waals surface area contributed by atoms with E-state index in [0.717, 1.165) is 4.47 Å². The lowest BCUT2D eigenvalue weighted by Gasteiger charge is -2.11. The summed E-state index contributed by atoms with van der Waals surface area (Å²) in [4.78, 5) is 12.1. The highest BCUT2D eigenvalue weighted by Crippen LogP contribution is 2.27. The lowest BCUT2D eigenvalue weighted by atomic mass is 10.2. The molecule has 2 rings (SSSR count). The molecule has 116 valence electrons. The quantitative estimate of drug-likeness (QED) is 0.515. The van der Waals surface area contributed by atoms with Gasteiger partial charge < -0.3 is 9.47 Å². The molecule has 0 aliphatic rings. The smallest absolute Gasteiger partial charge is 0.343 e. The zero-order chi connectivity index (χ0) is 16.1. The van der Waals surface area contributed by atoms with Crippen LogP contribution in [0.3, 0.4) is 0 Å². The molecule has 0 bridgehead atoms. The highest BCUT2D eigenvalue weighted by molar-refractivity contribution is 9.10. The predicted molar refractivity (Wildman–Crippen MR) is 90.9 cm³/mol. The molecule has 0 aliphatic carbocycles. The van der Waals surface area contributed by atoms with Crippen molar-refractivity contribution in [3.63, 3.8) is 0 Å². The minimum Gasteiger partial charge on any atom is -0.492 e. The van der Waals surface area contributed by atoms with Gasteiger partial charge in [-0.05, 0) is 64.3 Å². The SMILES string of the molecule is CC(C)COc1ccc(C(=O)Oc2ccc(Cl)cc2)cc1Br. The van der Waals surface area contributed by atoms with Crippen molar-refractivity contribution >= 4 is 33.5 Å². The van der Waals surface area contributed by atoms with Crippen LogP contribution in [0.25, 0.3) is 0 Å². The summed E-state index contributed by atoms with van der Waals surface area (Å²) in [5.74, 6) is 1.15. The Morgan fingerprint density at radius 2 is 1.86 bits per heavy atom. The summed E-state index contributed by atoms with van der Waals surface area (Å²) in [5.41, 5.74) is 0.443. The molecule has 0 radical (unpaired) electrons. The standard InChI is InChI=1S/C17H16BrClO3/c1-11(2)10-21-16-8-3-12(9-15(16)18)17(20)22-14-6-4-13(19)5-7-14/h3-9,11H,10H2,1-2H3. The van der Waals surface area contributed by atoms with Crippen LogP contribution in [0.2, 0.25) is 5.02 Å². The van der Waals surface area contributed by atoms with E-state index in [9.17, 15) is 4.79 Å². The summed E-state index contributed by atoms with van der Waals surface area (Å²) in [5, 5.41) is 0.592. The lowest BCUT2D eigenvalue weighted by Crippen LogP contribution is -2.09. The molecule has 0 amide bonds. The minimum atomic E-state index is -0.432. The number of carbonyl (C=O) groups is 1. The van der Waals surface area contributed by atoms with Crippen LogP contribution < -0.4 is 9.47 Å². The molecule has 0 aromatic heterocycles. The van der Waals surface area contributed by atoms with Crippen molar-refractivity contribution in [2.75, 3.05) is 6.61 Å². The van der Waals surface area contributed by atoms with E-state index in [1.54, 1.807) is 42.5 Å². The first kappa shape index (κ1) is 16.8. The Hall–Kier alpha value is -1.52. The number of halogens is 2. The third-order valence-corrected chi connectivity index (χ3v) is 3.64. The van der Waals surface area contributed by atoms with Crippen molar-refractivity contribution in [1.82, 2.24) is 0 Å². The summed E-state index contributed by atoms with van der Waals surface area (Å²) in [6.07, 6.45) is 0. The maximum atomic E-state index is 12.1. The Balaban J connectivity index is 2.07. The summed E-state index contributed by atoms with van der Waals surface area (Å²) in [6, 6.07) is 11.8. The molecular formula is C17H16BrClO3. The van der Waals surface area contributed by atoms with E-state index >= 15 is 0 Å². The van der Waals surface area contributed by atoms with Crippen LogP contribution in [0.15, 0.2) is 46.9 Å². The van der Waals surface area contributed by atoms with Crippen molar-refractivity contribution in [2.24, 2.45) is 5.92 Å². The van der Waals surface area contributed by atoms with E-state index in [1.807, 2.05) is 0 Å². The predicted octanol–water partition coefficient (Wildman–Crippen LogP) is 5.36. The van der Waals surface area contributed by atoms with Crippen LogP contribution in [-0.4, -0.2) is 12.6 Å². The second-order valence-corrected chi connectivity index (χ2v) is 6.48. The first-order valence-electron chi connectivity index (χ1n) is 6.86. The molecule has 0 spiro atoms. The molecular weight excluding hydrogens is 368 g/mol. The summed E-state index contributed by atoms with van der Waals surface area (Å²) in [6.45, 7) is 4.77. The maximum absolute atomic E-state index is 12.1. The number of carbonyl (C=O) groups excluding carboxylic acids is 1. The van der Waals surface area contributed by atoms with Crippen LogP contribution in [0.4, 0.5) is 0 Å². The van der Waals surface area contributed by atoms with Gasteiger partial charge in [0.2, 0.25) is 0 Å². The second-order valence-electron chi connectivity index (χ2n) is 5.19. The molecule has 0 saturated carbocycles. The number of rotatable bonds is 5. The molecule has 3 nitrogen and oxygen atoms in total. The Bertz CT molecular complexity index is 653. The molecule has 0 unspecified atom stereocenters. The average molecular weight is 384 g/mol. The van der Waals surface area contributed by atoms with Gasteiger partial charge in [-0.2, -0.15) is 0 Å². The fraction of sp³-hybridized carbons (Fsp3) is 0.235. The maximum Gasteiger partial charge on any atom is 0.343 e. The first-order chi connectivity index (χ1) is 10.5. The van der Waals surface area contributed by atoms with Gasteiger partial charge in [0.25, 0.3) is 0 Å². The summed E-state index contributed by atoms with van der Waals surface area (Å²) >= 11 is 9.21. The number of esters is 1. The fourth-order valence-corrected chi connectivity index (χ4v) is 2.29. The van der Waals surface area contributed by atoms with Gasteiger partial charge in [0, 0.05) is 5.02 Å². The molecule has 0 N–H and O–H groups in total. The van der Waals surface area contributed by atoms with Crippen molar-refractivity contribution in [3.8, 4) is 11.5 Å². The number of hydrogen-bond acceptors (Lipinski definition) is 3. The number of hydrogen-bond donors (Lipinski definition) is 0. The summed E-state index contributed by atoms with van der Waals surface area (Å²) in [7, 11) is 0. The fourth-order valence-electron chi connectivity index (χ4n) is 1.67. The van der Waals surface area contributed by atoms with E-state index in [-0.39, 0.29) is 0 Å². The van der Waals surface area contributed by atoms with Crippen LogP contribution in [0.1, 0.15) is 24.2 Å². The molecule has 2 aromatic carbocycles. The summed E-state index contributed by atoms with van der Waals surface area (Å²) < 4.78 is 11.7. The zero-order valence-corrected chi connectivity index (χ0v) is 14.6. The first-order valence-corrected chi connectivity index (χ1v) is 8.03. The van der Waals surface area contributed by atoms with Gasteiger partial charge >= 0.3 is 5.97 Å². The van der Waals surface area contributed by atoms with Crippen molar-refractivity contribution < 1.29 is 14.3 Å². The van der Waals surface area contributed by atoms with Gasteiger partial charge in [-0.1, -0.05) is 25.4 Å². The van der Waals surface area contributed by atoms with E-state index < -0.39 is 5.97 Å². The topological polar surface area (TPSA) is 35.5 Å². The molecule has 5 heteroatoms. The van der Waals surface area contributed by atoms with Crippen molar-refractivity contribution in [2.45, 2.75) is 13.8 Å². The second kappa shape index (κ2) is 7.65. The van der Waals surface area contributed by atoms with Gasteiger partial charge in [-0.3, -0.25) is 0 Å². The molecule has 0 atom stereocenters. The van der Waals surface area contributed by atoms with Gasteiger partial charge in [-0.15, -0.1) is 0 Å². The third-order valence-electron chi connectivity index (χ3n) is 2.76. The molecule has 0 aliphatic heterocycles.